The van der Waals surface area contributed by atoms with Crippen LogP contribution >= 0.6 is 0 Å². The van der Waals surface area contributed by atoms with Crippen molar-refractivity contribution in [3.63, 3.8) is 0 Å². The summed E-state index contributed by atoms with van der Waals surface area (Å²) in [5.74, 6) is -0.997. The number of allylic oxidation sites excluding steroid dienone is 1. The molecule has 1 aromatic carbocycles. The van der Waals surface area contributed by atoms with Crippen LogP contribution in [0.4, 0.5) is 15.9 Å². The number of benzene rings is 1. The molecule has 0 radical (unpaired) electrons. The van der Waals surface area contributed by atoms with Crippen molar-refractivity contribution in [3.05, 3.63) is 59.6 Å². The summed E-state index contributed by atoms with van der Waals surface area (Å²) >= 11 is 0. The van der Waals surface area contributed by atoms with Crippen molar-refractivity contribution in [3.8, 4) is 5.75 Å². The Labute approximate surface area is 134 Å². The van der Waals surface area contributed by atoms with Crippen molar-refractivity contribution in [1.82, 2.24) is 4.98 Å². The second kappa shape index (κ2) is 7.40. The largest absolute Gasteiger partial charge is 0.486 e. The van der Waals surface area contributed by atoms with Crippen LogP contribution < -0.4 is 15.8 Å². The zero-order valence-electron chi connectivity index (χ0n) is 13.0. The number of hydrogen-bond acceptors (Lipinski definition) is 4. The second-order valence-electron chi connectivity index (χ2n) is 4.84. The Kier molecular flexibility index (Phi) is 5.30. The van der Waals surface area contributed by atoms with E-state index in [9.17, 15) is 9.18 Å². The van der Waals surface area contributed by atoms with Gasteiger partial charge in [-0.3, -0.25) is 4.79 Å². The summed E-state index contributed by atoms with van der Waals surface area (Å²) in [5, 5.41) is 2.49. The van der Waals surface area contributed by atoms with Crippen molar-refractivity contribution >= 4 is 17.4 Å². The van der Waals surface area contributed by atoms with Gasteiger partial charge in [-0.25, -0.2) is 9.37 Å². The average molecular weight is 315 g/mol. The Morgan fingerprint density at radius 2 is 2.17 bits per heavy atom. The van der Waals surface area contributed by atoms with E-state index in [1.54, 1.807) is 37.3 Å². The minimum Gasteiger partial charge on any atom is -0.486 e. The monoisotopic (exact) mass is 315 g/mol. The number of hydrogen-bond donors (Lipinski definition) is 2. The van der Waals surface area contributed by atoms with Crippen LogP contribution in [0, 0.1) is 12.7 Å². The van der Waals surface area contributed by atoms with Gasteiger partial charge < -0.3 is 15.8 Å². The predicted molar refractivity (Wildman–Crippen MR) is 88.0 cm³/mol. The fourth-order valence-electron chi connectivity index (χ4n) is 1.91. The number of carbonyl (C=O) groups is 1. The number of nitrogens with one attached hydrogen (secondary N) is 1. The molecule has 120 valence electrons. The van der Waals surface area contributed by atoms with Gasteiger partial charge in [0, 0.05) is 5.69 Å². The molecule has 1 heterocycles. The number of carbonyl (C=O) groups excluding carboxylic acids is 1. The Morgan fingerprint density at radius 3 is 2.87 bits per heavy atom. The van der Waals surface area contributed by atoms with E-state index in [1.807, 2.05) is 6.92 Å². The molecule has 23 heavy (non-hydrogen) atoms. The molecule has 0 saturated carbocycles. The van der Waals surface area contributed by atoms with Crippen LogP contribution in [-0.4, -0.2) is 17.5 Å². The van der Waals surface area contributed by atoms with E-state index < -0.39 is 11.7 Å². The van der Waals surface area contributed by atoms with E-state index in [0.717, 1.165) is 0 Å². The molecule has 0 atom stereocenters. The molecule has 6 heteroatoms. The molecule has 1 amide bonds. The third-order valence-corrected chi connectivity index (χ3v) is 3.09. The van der Waals surface area contributed by atoms with Crippen LogP contribution in [0.3, 0.4) is 0 Å². The van der Waals surface area contributed by atoms with Crippen molar-refractivity contribution < 1.29 is 13.9 Å². The number of nitrogens with two attached hydrogens (primary N) is 1. The molecular weight excluding hydrogens is 297 g/mol. The maximum absolute atomic E-state index is 14.3. The van der Waals surface area contributed by atoms with Gasteiger partial charge in [-0.1, -0.05) is 18.2 Å². The quantitative estimate of drug-likeness (QED) is 0.830. The standard InChI is InChI=1S/C17H18FN3O2/c1-3-4-10-23-14-7-5-6-13(15(14)18)21-17(22)12-9-8-11(2)20-16(12)19/h3-9H,10H2,1-2H3,(H2,19,20)(H,21,22). The smallest absolute Gasteiger partial charge is 0.259 e. The first-order valence-corrected chi connectivity index (χ1v) is 7.10. The van der Waals surface area contributed by atoms with Gasteiger partial charge in [0.25, 0.3) is 5.91 Å². The highest BCUT2D eigenvalue weighted by molar-refractivity contribution is 6.07. The first kappa shape index (κ1) is 16.5. The Morgan fingerprint density at radius 1 is 1.39 bits per heavy atom. The SMILES string of the molecule is CC=CCOc1cccc(NC(=O)c2ccc(C)nc2N)c1F. The molecule has 2 aromatic rings. The molecule has 1 aromatic heterocycles. The zero-order valence-corrected chi connectivity index (χ0v) is 13.0. The van der Waals surface area contributed by atoms with Gasteiger partial charge in [-0.05, 0) is 38.1 Å². The maximum Gasteiger partial charge on any atom is 0.259 e. The van der Waals surface area contributed by atoms with Gasteiger partial charge in [-0.15, -0.1) is 0 Å². The summed E-state index contributed by atoms with van der Waals surface area (Å²) in [4.78, 5) is 16.2. The summed E-state index contributed by atoms with van der Waals surface area (Å²) in [6.45, 7) is 3.86. The van der Waals surface area contributed by atoms with Crippen LogP contribution in [0.15, 0.2) is 42.5 Å². The molecule has 0 aliphatic carbocycles. The van der Waals surface area contributed by atoms with E-state index in [-0.39, 0.29) is 29.4 Å². The van der Waals surface area contributed by atoms with E-state index >= 15 is 0 Å². The summed E-state index contributed by atoms with van der Waals surface area (Å²) in [5.41, 5.74) is 6.64. The predicted octanol–water partition coefficient (Wildman–Crippen LogP) is 3.32. The zero-order chi connectivity index (χ0) is 16.8. The highest BCUT2D eigenvalue weighted by Crippen LogP contribution is 2.25. The molecule has 0 aliphatic heterocycles. The molecule has 0 unspecified atom stereocenters. The Balaban J connectivity index is 2.19. The fourth-order valence-corrected chi connectivity index (χ4v) is 1.91. The fraction of sp³-hybridized carbons (Fsp3) is 0.176. The summed E-state index contributed by atoms with van der Waals surface area (Å²) in [7, 11) is 0. The van der Waals surface area contributed by atoms with E-state index in [2.05, 4.69) is 10.3 Å². The Bertz CT molecular complexity index is 745. The van der Waals surface area contributed by atoms with Crippen LogP contribution in [0.5, 0.6) is 5.75 Å². The van der Waals surface area contributed by atoms with Crippen molar-refractivity contribution in [2.45, 2.75) is 13.8 Å². The highest BCUT2D eigenvalue weighted by Gasteiger charge is 2.15. The van der Waals surface area contributed by atoms with Crippen molar-refractivity contribution in [2.24, 2.45) is 0 Å². The molecule has 0 saturated heterocycles. The molecule has 0 spiro atoms. The molecular formula is C17H18FN3O2. The highest BCUT2D eigenvalue weighted by atomic mass is 19.1. The number of pyridine rings is 1. The van der Waals surface area contributed by atoms with Gasteiger partial charge in [0.1, 0.15) is 12.4 Å². The van der Waals surface area contributed by atoms with Crippen LogP contribution in [0.1, 0.15) is 23.0 Å². The molecule has 0 fully saturated rings. The van der Waals surface area contributed by atoms with Crippen molar-refractivity contribution in [2.75, 3.05) is 17.7 Å². The van der Waals surface area contributed by atoms with Gasteiger partial charge >= 0.3 is 0 Å². The lowest BCUT2D eigenvalue weighted by atomic mass is 10.2. The molecule has 0 aliphatic rings. The number of nitrogens with zero attached hydrogens (tertiary/aromatic N) is 1. The minimum absolute atomic E-state index is 0.0213. The van der Waals surface area contributed by atoms with Crippen LogP contribution in [0.2, 0.25) is 0 Å². The van der Waals surface area contributed by atoms with Gasteiger partial charge in [0.2, 0.25) is 0 Å². The first-order valence-electron chi connectivity index (χ1n) is 7.10. The molecule has 0 bridgehead atoms. The third kappa shape index (κ3) is 4.06. The summed E-state index contributed by atoms with van der Waals surface area (Å²) in [6, 6.07) is 7.76. The number of aryl methyl sites for hydroxylation is 1. The number of ether oxygens (including phenoxy) is 1. The van der Waals surface area contributed by atoms with E-state index in [0.29, 0.717) is 5.69 Å². The van der Waals surface area contributed by atoms with E-state index in [1.165, 1.54) is 12.1 Å². The van der Waals surface area contributed by atoms with Gasteiger partial charge in [0.15, 0.2) is 11.6 Å². The molecule has 2 rings (SSSR count). The Hall–Kier alpha value is -2.89. The van der Waals surface area contributed by atoms with Crippen LogP contribution in [0.25, 0.3) is 0 Å². The number of halogens is 1. The van der Waals surface area contributed by atoms with Crippen molar-refractivity contribution in [1.29, 1.82) is 0 Å². The van der Waals surface area contributed by atoms with E-state index in [4.69, 9.17) is 10.5 Å². The topological polar surface area (TPSA) is 77.2 Å². The summed E-state index contributed by atoms with van der Waals surface area (Å²) in [6.07, 6.45) is 3.56. The summed E-state index contributed by atoms with van der Waals surface area (Å²) < 4.78 is 19.6. The average Bonchev–Trinajstić information content (AvgIpc) is 2.51. The van der Waals surface area contributed by atoms with Crippen LogP contribution in [-0.2, 0) is 0 Å². The van der Waals surface area contributed by atoms with Gasteiger partial charge in [-0.2, -0.15) is 0 Å². The molecule has 5 nitrogen and oxygen atoms in total. The van der Waals surface area contributed by atoms with Gasteiger partial charge in [0.05, 0.1) is 11.3 Å². The minimum atomic E-state index is -0.635. The first-order chi connectivity index (χ1) is 11.0. The second-order valence-corrected chi connectivity index (χ2v) is 4.84. The number of rotatable bonds is 5. The lowest BCUT2D eigenvalue weighted by molar-refractivity contribution is 0.102. The normalized spacial score (nSPS) is 10.7. The lowest BCUT2D eigenvalue weighted by Gasteiger charge is -2.11. The number of nitrogen functional groups attached to an aromatic ring is 1. The number of aromatic nitrogens is 1. The lowest BCUT2D eigenvalue weighted by Crippen LogP contribution is -2.16. The maximum atomic E-state index is 14.3. The number of anilines is 2. The number of amides is 1. The third-order valence-electron chi connectivity index (χ3n) is 3.09. The molecule has 3 N–H and O–H groups in total.